The minimum Gasteiger partial charge on any atom is -0.493 e. The second-order valence-corrected chi connectivity index (χ2v) is 4.62. The Morgan fingerprint density at radius 1 is 1.27 bits per heavy atom. The van der Waals surface area contributed by atoms with E-state index in [0.29, 0.717) is 36.9 Å². The fourth-order valence-corrected chi connectivity index (χ4v) is 1.79. The zero-order valence-electron chi connectivity index (χ0n) is 13.5. The molecule has 0 aliphatic heterocycles. The maximum atomic E-state index is 11.7. The van der Waals surface area contributed by atoms with Crippen molar-refractivity contribution in [3.63, 3.8) is 0 Å². The van der Waals surface area contributed by atoms with Crippen LogP contribution in [0.25, 0.3) is 0 Å². The Hall–Kier alpha value is -1.66. The summed E-state index contributed by atoms with van der Waals surface area (Å²) in [5.41, 5.74) is 6.33. The molecule has 0 bridgehead atoms. The van der Waals surface area contributed by atoms with E-state index >= 15 is 0 Å². The molecule has 1 amide bonds. The van der Waals surface area contributed by atoms with E-state index in [2.05, 4.69) is 5.32 Å². The van der Waals surface area contributed by atoms with Crippen LogP contribution in [0.2, 0.25) is 0 Å². The number of rotatable bonds is 8. The Morgan fingerprint density at radius 2 is 1.82 bits per heavy atom. The molecule has 0 fully saturated rings. The van der Waals surface area contributed by atoms with Crippen molar-refractivity contribution in [1.82, 2.24) is 5.32 Å². The molecule has 0 aliphatic carbocycles. The summed E-state index contributed by atoms with van der Waals surface area (Å²) in [6.07, 6.45) is 0. The van der Waals surface area contributed by atoms with Gasteiger partial charge in [0.2, 0.25) is 11.7 Å². The van der Waals surface area contributed by atoms with Crippen molar-refractivity contribution in [2.24, 2.45) is 11.7 Å². The van der Waals surface area contributed by atoms with Crippen LogP contribution in [0.5, 0.6) is 17.2 Å². The zero-order chi connectivity index (χ0) is 15.8. The minimum atomic E-state index is -0.212. The molecule has 0 saturated heterocycles. The summed E-state index contributed by atoms with van der Waals surface area (Å²) in [5.74, 6) is 1.42. The molecule has 22 heavy (non-hydrogen) atoms. The van der Waals surface area contributed by atoms with E-state index in [1.54, 1.807) is 21.1 Å². The number of nitrogens with two attached hydrogens (primary N) is 1. The molecule has 1 atom stereocenters. The molecule has 1 aromatic rings. The lowest BCUT2D eigenvalue weighted by atomic mass is 10.1. The van der Waals surface area contributed by atoms with E-state index < -0.39 is 0 Å². The molecule has 0 aromatic heterocycles. The molecule has 0 radical (unpaired) electrons. The van der Waals surface area contributed by atoms with Gasteiger partial charge < -0.3 is 25.3 Å². The van der Waals surface area contributed by atoms with Gasteiger partial charge in [-0.3, -0.25) is 4.79 Å². The van der Waals surface area contributed by atoms with Crippen molar-refractivity contribution in [2.45, 2.75) is 20.4 Å². The Labute approximate surface area is 137 Å². The molecule has 3 N–H and O–H groups in total. The minimum absolute atomic E-state index is 0. The van der Waals surface area contributed by atoms with Crippen molar-refractivity contribution in [3.8, 4) is 17.2 Å². The van der Waals surface area contributed by atoms with Crippen LogP contribution < -0.4 is 25.3 Å². The summed E-state index contributed by atoms with van der Waals surface area (Å²) in [6, 6.07) is 3.64. The van der Waals surface area contributed by atoms with E-state index in [1.807, 2.05) is 19.1 Å². The molecular formula is C15H25ClN2O4. The van der Waals surface area contributed by atoms with Crippen LogP contribution >= 0.6 is 12.4 Å². The van der Waals surface area contributed by atoms with Crippen LogP contribution in [0, 0.1) is 5.92 Å². The quantitative estimate of drug-likeness (QED) is 0.757. The predicted octanol–water partition coefficient (Wildman–Crippen LogP) is 1.74. The highest BCUT2D eigenvalue weighted by Gasteiger charge is 2.15. The van der Waals surface area contributed by atoms with Crippen LogP contribution in [0.4, 0.5) is 0 Å². The fourth-order valence-electron chi connectivity index (χ4n) is 1.79. The van der Waals surface area contributed by atoms with Gasteiger partial charge in [0.15, 0.2) is 11.5 Å². The second-order valence-electron chi connectivity index (χ2n) is 4.62. The molecule has 0 heterocycles. The maximum absolute atomic E-state index is 11.7. The summed E-state index contributed by atoms with van der Waals surface area (Å²) in [4.78, 5) is 11.7. The van der Waals surface area contributed by atoms with Crippen molar-refractivity contribution < 1.29 is 19.0 Å². The molecule has 6 nitrogen and oxygen atoms in total. The highest BCUT2D eigenvalue weighted by molar-refractivity contribution is 5.85. The number of nitrogens with one attached hydrogen (secondary N) is 1. The van der Waals surface area contributed by atoms with Crippen molar-refractivity contribution in [1.29, 1.82) is 0 Å². The number of methoxy groups -OCH3 is 2. The van der Waals surface area contributed by atoms with E-state index in [0.717, 1.165) is 5.56 Å². The van der Waals surface area contributed by atoms with Gasteiger partial charge in [-0.25, -0.2) is 0 Å². The molecule has 1 aromatic carbocycles. The SMILES string of the molecule is CCOc1c(OC)cc(CNC(=O)C(C)CN)cc1OC.Cl. The summed E-state index contributed by atoms with van der Waals surface area (Å²) in [7, 11) is 3.13. The number of amides is 1. The predicted molar refractivity (Wildman–Crippen MR) is 88.0 cm³/mol. The molecule has 1 rings (SSSR count). The zero-order valence-corrected chi connectivity index (χ0v) is 14.3. The largest absolute Gasteiger partial charge is 0.493 e. The van der Waals surface area contributed by atoms with Gasteiger partial charge in [-0.15, -0.1) is 12.4 Å². The average molecular weight is 333 g/mol. The maximum Gasteiger partial charge on any atom is 0.224 e. The summed E-state index contributed by atoms with van der Waals surface area (Å²) in [5, 5.41) is 2.83. The number of benzene rings is 1. The van der Waals surface area contributed by atoms with Gasteiger partial charge in [-0.1, -0.05) is 6.92 Å². The average Bonchev–Trinajstić information content (AvgIpc) is 2.52. The van der Waals surface area contributed by atoms with Crippen LogP contribution in [-0.2, 0) is 11.3 Å². The molecule has 0 saturated carbocycles. The lowest BCUT2D eigenvalue weighted by molar-refractivity contribution is -0.124. The van der Waals surface area contributed by atoms with Gasteiger partial charge in [0.05, 0.1) is 20.8 Å². The number of hydrogen-bond acceptors (Lipinski definition) is 5. The van der Waals surface area contributed by atoms with Crippen molar-refractivity contribution in [3.05, 3.63) is 17.7 Å². The molecule has 126 valence electrons. The summed E-state index contributed by atoms with van der Waals surface area (Å²) < 4.78 is 16.2. The fraction of sp³-hybridized carbons (Fsp3) is 0.533. The molecule has 0 spiro atoms. The topological polar surface area (TPSA) is 82.8 Å². The number of halogens is 1. The van der Waals surface area contributed by atoms with Gasteiger partial charge in [0.1, 0.15) is 0 Å². The third kappa shape index (κ3) is 5.27. The standard InChI is InChI=1S/C15H24N2O4.ClH/c1-5-21-14-12(19-3)6-11(7-13(14)20-4)9-17-15(18)10(2)8-16;/h6-7,10H,5,8-9,16H2,1-4H3,(H,17,18);1H. The lowest BCUT2D eigenvalue weighted by Gasteiger charge is -2.16. The first kappa shape index (κ1) is 20.3. The second kappa shape index (κ2) is 10.1. The van der Waals surface area contributed by atoms with E-state index in [9.17, 15) is 4.79 Å². The van der Waals surface area contributed by atoms with E-state index in [4.69, 9.17) is 19.9 Å². The van der Waals surface area contributed by atoms with Gasteiger partial charge in [-0.2, -0.15) is 0 Å². The van der Waals surface area contributed by atoms with Crippen LogP contribution in [-0.4, -0.2) is 33.3 Å². The number of ether oxygens (including phenoxy) is 3. The normalized spacial score (nSPS) is 11.1. The Morgan fingerprint density at radius 3 is 2.23 bits per heavy atom. The number of carbonyl (C=O) groups is 1. The summed E-state index contributed by atoms with van der Waals surface area (Å²) >= 11 is 0. The highest BCUT2D eigenvalue weighted by Crippen LogP contribution is 2.38. The number of carbonyl (C=O) groups excluding carboxylic acids is 1. The molecule has 1 unspecified atom stereocenters. The van der Waals surface area contributed by atoms with E-state index in [-0.39, 0.29) is 24.2 Å². The Balaban J connectivity index is 0.00000441. The Kier molecular flexibility index (Phi) is 9.37. The van der Waals surface area contributed by atoms with Crippen LogP contribution in [0.1, 0.15) is 19.4 Å². The molecule has 0 aliphatic rings. The van der Waals surface area contributed by atoms with Gasteiger partial charge in [-0.05, 0) is 24.6 Å². The lowest BCUT2D eigenvalue weighted by Crippen LogP contribution is -2.32. The van der Waals surface area contributed by atoms with Crippen molar-refractivity contribution in [2.75, 3.05) is 27.4 Å². The summed E-state index contributed by atoms with van der Waals surface area (Å²) in [6.45, 7) is 4.89. The first-order valence-corrected chi connectivity index (χ1v) is 6.92. The Bertz CT molecular complexity index is 458. The smallest absolute Gasteiger partial charge is 0.224 e. The van der Waals surface area contributed by atoms with Gasteiger partial charge in [0, 0.05) is 19.0 Å². The molecule has 7 heteroatoms. The monoisotopic (exact) mass is 332 g/mol. The van der Waals surface area contributed by atoms with E-state index in [1.165, 1.54) is 0 Å². The van der Waals surface area contributed by atoms with Gasteiger partial charge >= 0.3 is 0 Å². The first-order chi connectivity index (χ1) is 10.1. The van der Waals surface area contributed by atoms with Crippen LogP contribution in [0.15, 0.2) is 12.1 Å². The highest BCUT2D eigenvalue weighted by atomic mass is 35.5. The number of hydrogen-bond donors (Lipinski definition) is 2. The van der Waals surface area contributed by atoms with Crippen LogP contribution in [0.3, 0.4) is 0 Å². The third-order valence-corrected chi connectivity index (χ3v) is 3.08. The first-order valence-electron chi connectivity index (χ1n) is 6.92. The molecular weight excluding hydrogens is 308 g/mol. The van der Waals surface area contributed by atoms with Gasteiger partial charge in [0.25, 0.3) is 0 Å². The third-order valence-electron chi connectivity index (χ3n) is 3.08. The van der Waals surface area contributed by atoms with Crippen molar-refractivity contribution >= 4 is 18.3 Å².